The van der Waals surface area contributed by atoms with E-state index in [0.29, 0.717) is 0 Å². The molecule has 0 N–H and O–H groups in total. The van der Waals surface area contributed by atoms with Crippen LogP contribution in [-0.4, -0.2) is 14.1 Å². The van der Waals surface area contributed by atoms with Crippen molar-refractivity contribution >= 4 is 11.4 Å². The second-order valence-corrected chi connectivity index (χ2v) is 8.94. The Kier molecular flexibility index (Phi) is 6.77. The second-order valence-electron chi connectivity index (χ2n) is 8.94. The molecule has 0 aromatic heterocycles. The molecule has 33 heavy (non-hydrogen) atoms. The Morgan fingerprint density at radius 2 is 1.00 bits per heavy atom. The number of anilines is 2. The van der Waals surface area contributed by atoms with Crippen molar-refractivity contribution in [1.29, 1.82) is 0 Å². The van der Waals surface area contributed by atoms with Crippen LogP contribution >= 0.6 is 0 Å². The van der Waals surface area contributed by atoms with Crippen molar-refractivity contribution in [2.45, 2.75) is 26.9 Å². The van der Waals surface area contributed by atoms with Gasteiger partial charge in [0.25, 0.3) is 0 Å². The zero-order chi connectivity index (χ0) is 22.2. The van der Waals surface area contributed by atoms with Crippen molar-refractivity contribution in [3.8, 4) is 22.3 Å². The van der Waals surface area contributed by atoms with Gasteiger partial charge in [0.15, 0.2) is 0 Å². The number of nitrogens with zero attached hydrogens (tertiary/aromatic N) is 2. The summed E-state index contributed by atoms with van der Waals surface area (Å²) in [6.07, 6.45) is 0. The minimum absolute atomic E-state index is 0. The first kappa shape index (κ1) is 23.3. The molecule has 0 radical (unpaired) electrons. The van der Waals surface area contributed by atoms with Gasteiger partial charge in [0.05, 0.1) is 0 Å². The van der Waals surface area contributed by atoms with Crippen molar-refractivity contribution in [3.63, 3.8) is 0 Å². The van der Waals surface area contributed by atoms with E-state index in [-0.39, 0.29) is 21.1 Å². The molecular formula is C30H28N2Pt+2. The molecule has 1 heterocycles. The van der Waals surface area contributed by atoms with Crippen molar-refractivity contribution in [2.24, 2.45) is 0 Å². The SMILES string of the molecule is Cc1cc2[c-]c(c1)-c1ccccc1N(C)Cc1[c-]c(cc(C)c1)-c1ccccc1N(C)C2.[Pt+4]. The predicted octanol–water partition coefficient (Wildman–Crippen LogP) is 6.82. The van der Waals surface area contributed by atoms with Gasteiger partial charge in [-0.05, 0) is 12.1 Å². The number of para-hydroxylation sites is 2. The summed E-state index contributed by atoms with van der Waals surface area (Å²) < 4.78 is 0. The Morgan fingerprint density at radius 1 is 0.606 bits per heavy atom. The van der Waals surface area contributed by atoms with Gasteiger partial charge in [0.2, 0.25) is 0 Å². The first-order valence-electron chi connectivity index (χ1n) is 11.1. The van der Waals surface area contributed by atoms with Crippen LogP contribution < -0.4 is 9.80 Å². The molecule has 0 unspecified atom stereocenters. The summed E-state index contributed by atoms with van der Waals surface area (Å²) in [6.45, 7) is 5.93. The van der Waals surface area contributed by atoms with Crippen LogP contribution in [0.2, 0.25) is 0 Å². The largest absolute Gasteiger partial charge is 4.00 e. The van der Waals surface area contributed by atoms with Crippen LogP contribution in [0.4, 0.5) is 11.4 Å². The van der Waals surface area contributed by atoms with E-state index in [1.807, 2.05) is 0 Å². The van der Waals surface area contributed by atoms with E-state index in [1.54, 1.807) is 0 Å². The molecule has 0 spiro atoms. The van der Waals surface area contributed by atoms with Crippen molar-refractivity contribution in [2.75, 3.05) is 23.9 Å². The Bertz CT molecular complexity index is 1190. The summed E-state index contributed by atoms with van der Waals surface area (Å²) in [5, 5.41) is 0. The number of hydrogen-bond acceptors (Lipinski definition) is 2. The molecule has 1 aliphatic rings. The first-order valence-corrected chi connectivity index (χ1v) is 11.1. The standard InChI is InChI=1S/C30H28N2.Pt/c1-21-13-23-17-25(15-21)27-9-5-7-11-29(27)32(4)20-24-14-22(2)16-26(18-24)28-10-6-8-12-30(28)31(3)19-23;/h5-16H,19-20H2,1-4H3;/q-2;+4. The van der Waals surface area contributed by atoms with Crippen LogP contribution in [0.25, 0.3) is 22.3 Å². The smallest absolute Gasteiger partial charge is 0.379 e. The second kappa shape index (κ2) is 9.57. The van der Waals surface area contributed by atoms with Gasteiger partial charge in [-0.1, -0.05) is 61.4 Å². The van der Waals surface area contributed by atoms with Crippen LogP contribution in [0.15, 0.2) is 72.8 Å². The summed E-state index contributed by atoms with van der Waals surface area (Å²) in [5.74, 6) is 0. The Morgan fingerprint density at radius 3 is 1.42 bits per heavy atom. The van der Waals surface area contributed by atoms with E-state index in [4.69, 9.17) is 0 Å². The Labute approximate surface area is 212 Å². The maximum Gasteiger partial charge on any atom is 4.00 e. The molecule has 0 atom stereocenters. The summed E-state index contributed by atoms with van der Waals surface area (Å²) in [6, 6.07) is 33.7. The molecule has 4 aromatic carbocycles. The van der Waals surface area contributed by atoms with Gasteiger partial charge in [-0.3, -0.25) is 0 Å². The molecule has 0 saturated carbocycles. The minimum atomic E-state index is 0. The molecule has 0 amide bonds. The van der Waals surface area contributed by atoms with Crippen LogP contribution in [0.5, 0.6) is 0 Å². The fraction of sp³-hybridized carbons (Fsp3) is 0.200. The summed E-state index contributed by atoms with van der Waals surface area (Å²) >= 11 is 0. The van der Waals surface area contributed by atoms with E-state index in [9.17, 15) is 0 Å². The molecule has 4 bridgehead atoms. The third-order valence-corrected chi connectivity index (χ3v) is 6.16. The maximum absolute atomic E-state index is 3.72. The van der Waals surface area contributed by atoms with E-state index in [1.165, 1.54) is 44.8 Å². The average molecular weight is 612 g/mol. The number of benzene rings is 4. The topological polar surface area (TPSA) is 6.48 Å². The van der Waals surface area contributed by atoms with Crippen molar-refractivity contribution in [1.82, 2.24) is 0 Å². The molecule has 5 rings (SSSR count). The molecule has 0 aliphatic carbocycles. The first-order chi connectivity index (χ1) is 15.5. The van der Waals surface area contributed by atoms with Crippen LogP contribution in [0.3, 0.4) is 0 Å². The molecule has 4 aromatic rings. The minimum Gasteiger partial charge on any atom is -0.379 e. The summed E-state index contributed by atoms with van der Waals surface area (Å²) in [7, 11) is 4.33. The quantitative estimate of drug-likeness (QED) is 0.202. The third-order valence-electron chi connectivity index (χ3n) is 6.16. The van der Waals surface area contributed by atoms with Gasteiger partial charge < -0.3 is 9.80 Å². The van der Waals surface area contributed by atoms with Crippen molar-refractivity contribution in [3.05, 3.63) is 107 Å². The van der Waals surface area contributed by atoms with E-state index in [2.05, 4.69) is 123 Å². The number of rotatable bonds is 0. The van der Waals surface area contributed by atoms with Crippen LogP contribution in [0.1, 0.15) is 22.3 Å². The monoisotopic (exact) mass is 611 g/mol. The molecule has 2 nitrogen and oxygen atoms in total. The molecule has 0 saturated heterocycles. The van der Waals surface area contributed by atoms with Crippen LogP contribution in [0, 0.1) is 26.0 Å². The van der Waals surface area contributed by atoms with Gasteiger partial charge in [-0.25, -0.2) is 0 Å². The predicted molar refractivity (Wildman–Crippen MR) is 135 cm³/mol. The third kappa shape index (κ3) is 4.77. The maximum atomic E-state index is 3.72. The van der Waals surface area contributed by atoms with Gasteiger partial charge in [0, 0.05) is 38.6 Å². The fourth-order valence-electron chi connectivity index (χ4n) is 4.79. The van der Waals surface area contributed by atoms with Gasteiger partial charge in [-0.2, -0.15) is 0 Å². The van der Waals surface area contributed by atoms with E-state index in [0.717, 1.165) is 24.2 Å². The number of fused-ring (bicyclic) bond motifs is 8. The number of aryl methyl sites for hydroxylation is 2. The molecule has 0 fully saturated rings. The summed E-state index contributed by atoms with van der Waals surface area (Å²) in [4.78, 5) is 4.65. The van der Waals surface area contributed by atoms with Gasteiger partial charge >= 0.3 is 21.1 Å². The zero-order valence-corrected chi connectivity index (χ0v) is 21.8. The normalized spacial score (nSPS) is 12.8. The molecular weight excluding hydrogens is 583 g/mol. The van der Waals surface area contributed by atoms with Gasteiger partial charge in [0.1, 0.15) is 0 Å². The molecule has 166 valence electrons. The Balaban J connectivity index is 0.00000259. The van der Waals surface area contributed by atoms with Crippen molar-refractivity contribution < 1.29 is 21.1 Å². The molecule has 1 aliphatic heterocycles. The molecule has 3 heteroatoms. The van der Waals surface area contributed by atoms with E-state index < -0.39 is 0 Å². The van der Waals surface area contributed by atoms with Gasteiger partial charge in [-0.15, -0.1) is 69.8 Å². The zero-order valence-electron chi connectivity index (χ0n) is 19.6. The summed E-state index contributed by atoms with van der Waals surface area (Å²) in [5.41, 5.74) is 12.1. The number of hydrogen-bond donors (Lipinski definition) is 0. The Hall–Kier alpha value is -2.83. The average Bonchev–Trinajstić information content (AvgIpc) is 2.77. The van der Waals surface area contributed by atoms with E-state index >= 15 is 0 Å². The fourth-order valence-corrected chi connectivity index (χ4v) is 4.79. The van der Waals surface area contributed by atoms with Crippen LogP contribution in [-0.2, 0) is 34.2 Å².